The molecule has 5 heavy (non-hydrogen) atoms. The molecule has 0 aromatic heterocycles. The topological polar surface area (TPSA) is 35.0 Å². The minimum absolute atomic E-state index is 0. The van der Waals surface area contributed by atoms with Crippen molar-refractivity contribution in [3.8, 4) is 0 Å². The van der Waals surface area contributed by atoms with Crippen LogP contribution in [0.15, 0.2) is 0 Å². The van der Waals surface area contributed by atoms with Gasteiger partial charge < -0.3 is 11.9 Å². The summed E-state index contributed by atoms with van der Waals surface area (Å²) in [6.07, 6.45) is 0. The fourth-order valence-corrected chi connectivity index (χ4v) is 0. The molecule has 0 aliphatic carbocycles. The molecule has 0 amide bonds. The molecule has 0 atom stereocenters. The second-order valence-electron chi connectivity index (χ2n) is 0. The molecular weight excluding hydrogens is 41.8 g/mol. The van der Waals surface area contributed by atoms with Crippen LogP contribution in [0, 0.1) is 0 Å². The molecule has 0 spiro atoms. The zero-order valence-electron chi connectivity index (χ0n) is 8.71. The minimum atomic E-state index is 0. The Kier molecular flexibility index (Phi) is 353. The molecule has 0 saturated carbocycles. The van der Waals surface area contributed by atoms with E-state index in [1.807, 2.05) is 0 Å². The van der Waals surface area contributed by atoms with E-state index in [2.05, 4.69) is 0 Å². The van der Waals surface area contributed by atoms with Gasteiger partial charge in [0.1, 0.15) is 0 Å². The first-order valence-electron chi connectivity index (χ1n) is 0. The van der Waals surface area contributed by atoms with Crippen molar-refractivity contribution < 1.29 is 82.6 Å². The molecule has 0 bridgehead atoms. The molecule has 0 aliphatic heterocycles. The first-order chi connectivity index (χ1) is 0. The number of hydrogen-bond donors (Lipinski definition) is 1. The summed E-state index contributed by atoms with van der Waals surface area (Å²) in [6, 6.07) is 0. The van der Waals surface area contributed by atoms with Gasteiger partial charge in [0.05, 0.1) is 0 Å². The monoisotopic (exact) mass is 51.1 g/mol. The van der Waals surface area contributed by atoms with Gasteiger partial charge in [-0.2, -0.15) is 0 Å². The summed E-state index contributed by atoms with van der Waals surface area (Å²) in [5.41, 5.74) is 0. The van der Waals surface area contributed by atoms with Gasteiger partial charge in [-0.3, -0.25) is 0 Å². The molecule has 0 aliphatic rings. The predicted molar refractivity (Wildman–Crippen MR) is 11.6 cm³/mol. The van der Waals surface area contributed by atoms with Crippen molar-refractivity contribution in [2.75, 3.05) is 0 Å². The van der Waals surface area contributed by atoms with Crippen LogP contribution in [0.3, 0.4) is 0 Å². The van der Waals surface area contributed by atoms with E-state index in [0.29, 0.717) is 0 Å². The van der Waals surface area contributed by atoms with Crippen LogP contribution in [0.2, 0.25) is 0 Å². The Hall–Kier alpha value is 2.35. The second-order valence-corrected chi connectivity index (χ2v) is 0. The molecule has 0 heterocycles. The Morgan fingerprint density at radius 1 is 0.800 bits per heavy atom. The Balaban J connectivity index is 0. The van der Waals surface area contributed by atoms with Crippen molar-refractivity contribution in [3.63, 3.8) is 0 Å². The zero-order chi connectivity index (χ0) is 0. The smallest absolute Gasteiger partial charge is 1.00 e. The van der Waals surface area contributed by atoms with Crippen molar-refractivity contribution in [1.82, 2.24) is 6.15 Å². The fourth-order valence-electron chi connectivity index (χ4n) is 0. The van der Waals surface area contributed by atoms with Gasteiger partial charge in [0.2, 0.25) is 0 Å². The van der Waals surface area contributed by atoms with Crippen molar-refractivity contribution in [2.24, 2.45) is 0 Å². The predicted octanol–water partition coefficient (Wildman–Crippen LogP) is -11.1. The van der Waals surface area contributed by atoms with E-state index in [1.54, 1.807) is 0 Å². The molecule has 0 aromatic rings. The fraction of sp³-hybridized carbons (Fsp3) is 0. The van der Waals surface area contributed by atoms with Gasteiger partial charge in [-0.05, 0) is 0 Å². The van der Waals surface area contributed by atoms with Crippen LogP contribution in [0.5, 0.6) is 0 Å². The van der Waals surface area contributed by atoms with Crippen LogP contribution in [0.4, 0.5) is 0 Å². The van der Waals surface area contributed by atoms with Gasteiger partial charge in [-0.1, -0.05) is 0 Å². The molecule has 0 fully saturated rings. The van der Waals surface area contributed by atoms with E-state index >= 15 is 0 Å². The Morgan fingerprint density at radius 2 is 0.800 bits per heavy atom. The molecule has 18 valence electrons. The van der Waals surface area contributed by atoms with E-state index in [0.717, 1.165) is 0 Å². The average molecular weight is 50.8 g/mol. The summed E-state index contributed by atoms with van der Waals surface area (Å²) in [6.45, 7) is 0. The molecule has 0 rings (SSSR count). The summed E-state index contributed by atoms with van der Waals surface area (Å²) in [4.78, 5) is 0. The third-order valence-corrected chi connectivity index (χ3v) is 0. The molecule has 0 aromatic carbocycles. The van der Waals surface area contributed by atoms with Crippen molar-refractivity contribution in [1.29, 1.82) is 0 Å². The van der Waals surface area contributed by atoms with Gasteiger partial charge >= 0.3 is 75.4 Å². The van der Waals surface area contributed by atoms with E-state index < -0.39 is 0 Å². The SMILES string of the molecule is N.[H-].[H-].[H-].[H-].[HH].[Li+].[Li+].[Li+].[Li+]. The van der Waals surface area contributed by atoms with Crippen LogP contribution in [-0.2, 0) is 0 Å². The Bertz CT molecular complexity index is 13.6. The van der Waals surface area contributed by atoms with Crippen molar-refractivity contribution in [3.05, 3.63) is 0 Å². The molecule has 0 saturated heterocycles. The Morgan fingerprint density at radius 3 is 0.800 bits per heavy atom. The van der Waals surface area contributed by atoms with Crippen molar-refractivity contribution >= 4 is 0 Å². The summed E-state index contributed by atoms with van der Waals surface area (Å²) in [5, 5.41) is 0. The van der Waals surface area contributed by atoms with Crippen LogP contribution in [0.1, 0.15) is 7.13 Å². The number of rotatable bonds is 0. The maximum atomic E-state index is 0. The maximum Gasteiger partial charge on any atom is 1.00 e. The quantitative estimate of drug-likeness (QED) is 0.272. The van der Waals surface area contributed by atoms with E-state index in [1.165, 1.54) is 0 Å². The normalized spacial score (nSPS) is 0. The van der Waals surface area contributed by atoms with Gasteiger partial charge in [-0.25, -0.2) is 0 Å². The maximum absolute atomic E-state index is 0. The third kappa shape index (κ3) is 21.8. The largest absolute Gasteiger partial charge is 1.00 e. The van der Waals surface area contributed by atoms with Gasteiger partial charge in [0.15, 0.2) is 0 Å². The second kappa shape index (κ2) is 32.9. The van der Waals surface area contributed by atoms with Crippen LogP contribution < -0.4 is 81.6 Å². The summed E-state index contributed by atoms with van der Waals surface area (Å²) in [7, 11) is 0. The van der Waals surface area contributed by atoms with Gasteiger partial charge in [0, 0.05) is 1.43 Å². The van der Waals surface area contributed by atoms with Crippen LogP contribution >= 0.6 is 0 Å². The van der Waals surface area contributed by atoms with Crippen molar-refractivity contribution in [2.45, 2.75) is 0 Å². The summed E-state index contributed by atoms with van der Waals surface area (Å²) >= 11 is 0. The van der Waals surface area contributed by atoms with Crippen LogP contribution in [-0.4, -0.2) is 0 Å². The Labute approximate surface area is 88.1 Å². The molecule has 0 unspecified atom stereocenters. The van der Waals surface area contributed by atoms with E-state index in [-0.39, 0.29) is 88.7 Å². The first-order valence-corrected chi connectivity index (χ1v) is 0. The molecular formula is H9Li4N. The average Bonchev–Trinajstić information content (AvgIpc) is 0. The zero-order valence-corrected chi connectivity index (χ0v) is 4.71. The third-order valence-electron chi connectivity index (χ3n) is 0. The standard InChI is InChI=1S/4Li.H3N.H2.4H/h;;;;1H3;1H;;;;/q4*+1;;;4*-1. The first kappa shape index (κ1) is 53.7. The van der Waals surface area contributed by atoms with E-state index in [4.69, 9.17) is 0 Å². The summed E-state index contributed by atoms with van der Waals surface area (Å²) < 4.78 is 0. The van der Waals surface area contributed by atoms with E-state index in [9.17, 15) is 0 Å². The minimum Gasteiger partial charge on any atom is -1.00 e. The molecule has 1 nitrogen and oxygen atoms in total. The molecule has 5 heteroatoms. The van der Waals surface area contributed by atoms with Gasteiger partial charge in [-0.15, -0.1) is 0 Å². The summed E-state index contributed by atoms with van der Waals surface area (Å²) in [5.74, 6) is 0. The van der Waals surface area contributed by atoms with Gasteiger partial charge in [0.25, 0.3) is 0 Å². The molecule has 0 radical (unpaired) electrons. The molecule has 3 N–H and O–H groups in total. The number of hydrogen-bond acceptors (Lipinski definition) is 1. The van der Waals surface area contributed by atoms with Crippen LogP contribution in [0.25, 0.3) is 0 Å².